The van der Waals surface area contributed by atoms with Crippen LogP contribution in [0, 0.1) is 0 Å². The number of methoxy groups -OCH3 is 1. The number of nitrogens with zero attached hydrogens (tertiary/aromatic N) is 2. The smallest absolute Gasteiger partial charge is 0.191 e. The van der Waals surface area contributed by atoms with Gasteiger partial charge in [-0.05, 0) is 58.2 Å². The molecular formula is C23H40N4O3. The van der Waals surface area contributed by atoms with Gasteiger partial charge in [0.05, 0.1) is 33.5 Å². The number of aryl methyl sites for hydroxylation is 1. The highest BCUT2D eigenvalue weighted by Crippen LogP contribution is 2.28. The number of rotatable bonds is 11. The minimum Gasteiger partial charge on any atom is -0.493 e. The molecule has 1 aromatic rings. The molecule has 7 heteroatoms. The molecule has 0 aromatic heterocycles. The summed E-state index contributed by atoms with van der Waals surface area (Å²) in [7, 11) is 1.67. The van der Waals surface area contributed by atoms with Gasteiger partial charge in [-0.25, -0.2) is 0 Å². The number of aliphatic imine (C=N–C) groups is 1. The Morgan fingerprint density at radius 1 is 1.17 bits per heavy atom. The fourth-order valence-corrected chi connectivity index (χ4v) is 3.53. The molecular weight excluding hydrogens is 380 g/mol. The fourth-order valence-electron chi connectivity index (χ4n) is 3.53. The zero-order valence-corrected chi connectivity index (χ0v) is 19.4. The van der Waals surface area contributed by atoms with Crippen LogP contribution in [-0.4, -0.2) is 76.1 Å². The van der Waals surface area contributed by atoms with Gasteiger partial charge in [0.2, 0.25) is 0 Å². The first-order valence-corrected chi connectivity index (χ1v) is 11.1. The van der Waals surface area contributed by atoms with E-state index in [9.17, 15) is 0 Å². The first kappa shape index (κ1) is 24.3. The summed E-state index contributed by atoms with van der Waals surface area (Å²) in [6, 6.07) is 6.16. The van der Waals surface area contributed by atoms with Gasteiger partial charge in [-0.2, -0.15) is 0 Å². The van der Waals surface area contributed by atoms with E-state index in [-0.39, 0.29) is 5.54 Å². The molecule has 0 saturated carbocycles. The Kier molecular flexibility index (Phi) is 10.2. The summed E-state index contributed by atoms with van der Waals surface area (Å²) < 4.78 is 16.5. The third kappa shape index (κ3) is 7.69. The van der Waals surface area contributed by atoms with Crippen LogP contribution >= 0.6 is 0 Å². The normalized spacial score (nSPS) is 15.7. The largest absolute Gasteiger partial charge is 0.493 e. The van der Waals surface area contributed by atoms with Crippen molar-refractivity contribution in [3.63, 3.8) is 0 Å². The van der Waals surface area contributed by atoms with Crippen molar-refractivity contribution in [3.05, 3.63) is 23.8 Å². The second kappa shape index (κ2) is 12.6. The van der Waals surface area contributed by atoms with E-state index in [2.05, 4.69) is 48.4 Å². The Morgan fingerprint density at radius 2 is 1.93 bits per heavy atom. The van der Waals surface area contributed by atoms with E-state index in [1.54, 1.807) is 7.11 Å². The van der Waals surface area contributed by atoms with E-state index in [0.29, 0.717) is 6.61 Å². The minimum absolute atomic E-state index is 0.0188. The lowest BCUT2D eigenvalue weighted by molar-refractivity contribution is -0.00683. The second-order valence-corrected chi connectivity index (χ2v) is 8.06. The van der Waals surface area contributed by atoms with Crippen molar-refractivity contribution in [1.29, 1.82) is 0 Å². The zero-order chi connectivity index (χ0) is 21.8. The molecule has 7 nitrogen and oxygen atoms in total. The SMILES string of the molecule is CCNC(=NCC(C)(C)N1CCOCC1)NCCCc1ccc(OC)c(OCC)c1. The number of hydrogen-bond donors (Lipinski definition) is 2. The lowest BCUT2D eigenvalue weighted by Gasteiger charge is -2.39. The van der Waals surface area contributed by atoms with Gasteiger partial charge in [-0.3, -0.25) is 9.89 Å². The molecule has 30 heavy (non-hydrogen) atoms. The predicted octanol–water partition coefficient (Wildman–Crippen LogP) is 2.69. The van der Waals surface area contributed by atoms with Crippen molar-refractivity contribution in [2.45, 2.75) is 46.1 Å². The maximum absolute atomic E-state index is 5.68. The maximum Gasteiger partial charge on any atom is 0.191 e. The quantitative estimate of drug-likeness (QED) is 0.326. The van der Waals surface area contributed by atoms with Gasteiger partial charge in [0, 0.05) is 31.7 Å². The van der Waals surface area contributed by atoms with Crippen LogP contribution in [0.3, 0.4) is 0 Å². The summed E-state index contributed by atoms with van der Waals surface area (Å²) in [6.07, 6.45) is 1.98. The van der Waals surface area contributed by atoms with Gasteiger partial charge in [0.25, 0.3) is 0 Å². The predicted molar refractivity (Wildman–Crippen MR) is 123 cm³/mol. The van der Waals surface area contributed by atoms with Gasteiger partial charge in [0.1, 0.15) is 0 Å². The Bertz CT molecular complexity index is 658. The monoisotopic (exact) mass is 420 g/mol. The van der Waals surface area contributed by atoms with E-state index in [1.807, 2.05) is 13.0 Å². The summed E-state index contributed by atoms with van der Waals surface area (Å²) in [6.45, 7) is 15.2. The highest BCUT2D eigenvalue weighted by molar-refractivity contribution is 5.79. The molecule has 1 fully saturated rings. The first-order chi connectivity index (χ1) is 14.5. The fraction of sp³-hybridized carbons (Fsp3) is 0.696. The summed E-state index contributed by atoms with van der Waals surface area (Å²) >= 11 is 0. The van der Waals surface area contributed by atoms with Crippen LogP contribution in [0.1, 0.15) is 39.7 Å². The molecule has 1 saturated heterocycles. The van der Waals surface area contributed by atoms with Crippen molar-refractivity contribution in [3.8, 4) is 11.5 Å². The second-order valence-electron chi connectivity index (χ2n) is 8.06. The number of guanidine groups is 1. The standard InChI is InChI=1S/C23H40N4O3/c1-6-24-22(26-18-23(3,4)27-13-15-29-16-14-27)25-12-8-9-19-10-11-20(28-5)21(17-19)30-7-2/h10-11,17H,6-9,12-16,18H2,1-5H3,(H2,24,25,26). The lowest BCUT2D eigenvalue weighted by Crippen LogP contribution is -2.52. The molecule has 0 aliphatic carbocycles. The summed E-state index contributed by atoms with van der Waals surface area (Å²) in [5.41, 5.74) is 1.27. The Balaban J connectivity index is 1.84. The van der Waals surface area contributed by atoms with Crippen molar-refractivity contribution in [1.82, 2.24) is 15.5 Å². The topological polar surface area (TPSA) is 67.4 Å². The third-order valence-electron chi connectivity index (χ3n) is 5.30. The highest BCUT2D eigenvalue weighted by Gasteiger charge is 2.28. The molecule has 0 unspecified atom stereocenters. The summed E-state index contributed by atoms with van der Waals surface area (Å²) in [5, 5.41) is 6.83. The molecule has 0 spiro atoms. The number of nitrogens with one attached hydrogen (secondary N) is 2. The van der Waals surface area contributed by atoms with Crippen LogP contribution < -0.4 is 20.1 Å². The lowest BCUT2D eigenvalue weighted by atomic mass is 10.0. The zero-order valence-electron chi connectivity index (χ0n) is 19.4. The number of hydrogen-bond acceptors (Lipinski definition) is 5. The first-order valence-electron chi connectivity index (χ1n) is 11.1. The van der Waals surface area contributed by atoms with Crippen LogP contribution in [0.15, 0.2) is 23.2 Å². The summed E-state index contributed by atoms with van der Waals surface area (Å²) in [5.74, 6) is 2.47. The van der Waals surface area contributed by atoms with Crippen molar-refractivity contribution in [2.24, 2.45) is 4.99 Å². The summed E-state index contributed by atoms with van der Waals surface area (Å²) in [4.78, 5) is 7.30. The average molecular weight is 421 g/mol. The molecule has 1 aliphatic heterocycles. The molecule has 2 N–H and O–H groups in total. The van der Waals surface area contributed by atoms with Gasteiger partial charge in [-0.15, -0.1) is 0 Å². The molecule has 0 amide bonds. The minimum atomic E-state index is 0.0188. The van der Waals surface area contributed by atoms with E-state index in [4.69, 9.17) is 19.2 Å². The molecule has 0 atom stereocenters. The molecule has 2 rings (SSSR count). The van der Waals surface area contributed by atoms with Crippen molar-refractivity contribution in [2.75, 3.05) is 59.7 Å². The van der Waals surface area contributed by atoms with E-state index < -0.39 is 0 Å². The number of benzene rings is 1. The van der Waals surface area contributed by atoms with Crippen LogP contribution in [0.2, 0.25) is 0 Å². The van der Waals surface area contributed by atoms with Gasteiger partial charge in [-0.1, -0.05) is 6.07 Å². The van der Waals surface area contributed by atoms with Gasteiger partial charge < -0.3 is 24.8 Å². The van der Waals surface area contributed by atoms with Crippen LogP contribution in [0.5, 0.6) is 11.5 Å². The van der Waals surface area contributed by atoms with Crippen molar-refractivity contribution < 1.29 is 14.2 Å². The van der Waals surface area contributed by atoms with Crippen LogP contribution in [-0.2, 0) is 11.2 Å². The van der Waals surface area contributed by atoms with E-state index >= 15 is 0 Å². The molecule has 1 heterocycles. The highest BCUT2D eigenvalue weighted by atomic mass is 16.5. The van der Waals surface area contributed by atoms with Crippen LogP contribution in [0.25, 0.3) is 0 Å². The van der Waals surface area contributed by atoms with Crippen LogP contribution in [0.4, 0.5) is 0 Å². The van der Waals surface area contributed by atoms with E-state index in [0.717, 1.165) is 76.2 Å². The molecule has 0 radical (unpaired) electrons. The van der Waals surface area contributed by atoms with Gasteiger partial charge >= 0.3 is 0 Å². The molecule has 1 aliphatic rings. The van der Waals surface area contributed by atoms with E-state index in [1.165, 1.54) is 5.56 Å². The number of morpholine rings is 1. The Labute approximate surface area is 182 Å². The molecule has 1 aromatic carbocycles. The van der Waals surface area contributed by atoms with Gasteiger partial charge in [0.15, 0.2) is 17.5 Å². The average Bonchev–Trinajstić information content (AvgIpc) is 2.76. The third-order valence-corrected chi connectivity index (χ3v) is 5.30. The van der Waals surface area contributed by atoms with Crippen molar-refractivity contribution >= 4 is 5.96 Å². The maximum atomic E-state index is 5.68. The Hall–Kier alpha value is -1.99. The number of ether oxygens (including phenoxy) is 3. The Morgan fingerprint density at radius 3 is 2.60 bits per heavy atom. The molecule has 170 valence electrons. The molecule has 0 bridgehead atoms.